The Morgan fingerprint density at radius 1 is 1.10 bits per heavy atom. The minimum Gasteiger partial charge on any atom is -0.496 e. The third kappa shape index (κ3) is 3.23. The van der Waals surface area contributed by atoms with Crippen LogP contribution in [0.4, 0.5) is 5.69 Å². The molecule has 106 valence electrons. The molecule has 0 saturated heterocycles. The van der Waals surface area contributed by atoms with E-state index in [1.54, 1.807) is 25.3 Å². The molecule has 2 aromatic rings. The lowest BCUT2D eigenvalue weighted by Crippen LogP contribution is -2.12. The SMILES string of the molecule is COc1ccc(NS(=O)(=O)c2ccc(Cl)cc2)cc1C. The molecule has 0 bridgehead atoms. The third-order valence-corrected chi connectivity index (χ3v) is 4.42. The fourth-order valence-electron chi connectivity index (χ4n) is 1.77. The summed E-state index contributed by atoms with van der Waals surface area (Å²) in [4.78, 5) is 0.162. The third-order valence-electron chi connectivity index (χ3n) is 2.77. The number of hydrogen-bond donors (Lipinski definition) is 1. The van der Waals surface area contributed by atoms with Crippen molar-refractivity contribution in [3.8, 4) is 5.75 Å². The molecule has 0 aliphatic rings. The molecule has 0 radical (unpaired) electrons. The molecular weight excluding hydrogens is 298 g/mol. The smallest absolute Gasteiger partial charge is 0.261 e. The topological polar surface area (TPSA) is 55.4 Å². The molecular formula is C14H14ClNO3S. The lowest BCUT2D eigenvalue weighted by molar-refractivity contribution is 0.412. The Bertz CT molecular complexity index is 712. The monoisotopic (exact) mass is 311 g/mol. The van der Waals surface area contributed by atoms with Gasteiger partial charge < -0.3 is 4.74 Å². The second kappa shape index (κ2) is 5.73. The van der Waals surface area contributed by atoms with Crippen LogP contribution in [0.1, 0.15) is 5.56 Å². The van der Waals surface area contributed by atoms with E-state index in [1.807, 2.05) is 6.92 Å². The molecule has 0 aliphatic heterocycles. The van der Waals surface area contributed by atoms with Crippen LogP contribution >= 0.6 is 11.6 Å². The maximum absolute atomic E-state index is 12.2. The van der Waals surface area contributed by atoms with Crippen molar-refractivity contribution in [2.45, 2.75) is 11.8 Å². The molecule has 0 aromatic heterocycles. The fourth-order valence-corrected chi connectivity index (χ4v) is 2.95. The van der Waals surface area contributed by atoms with E-state index in [9.17, 15) is 8.42 Å². The summed E-state index contributed by atoms with van der Waals surface area (Å²) in [5.41, 5.74) is 1.34. The summed E-state index contributed by atoms with van der Waals surface area (Å²) in [5.74, 6) is 0.708. The number of hydrogen-bond acceptors (Lipinski definition) is 3. The minimum absolute atomic E-state index is 0.162. The van der Waals surface area contributed by atoms with Gasteiger partial charge in [-0.25, -0.2) is 8.42 Å². The molecule has 0 amide bonds. The molecule has 1 N–H and O–H groups in total. The van der Waals surface area contributed by atoms with Crippen molar-refractivity contribution in [2.24, 2.45) is 0 Å². The normalized spacial score (nSPS) is 11.2. The summed E-state index contributed by atoms with van der Waals surface area (Å²) in [6.45, 7) is 1.85. The largest absolute Gasteiger partial charge is 0.496 e. The van der Waals surface area contributed by atoms with E-state index in [4.69, 9.17) is 16.3 Å². The van der Waals surface area contributed by atoms with E-state index < -0.39 is 10.0 Å². The highest BCUT2D eigenvalue weighted by atomic mass is 35.5. The zero-order chi connectivity index (χ0) is 14.8. The Hall–Kier alpha value is -1.72. The van der Waals surface area contributed by atoms with Crippen LogP contribution < -0.4 is 9.46 Å². The molecule has 0 heterocycles. The van der Waals surface area contributed by atoms with Gasteiger partial charge >= 0.3 is 0 Å². The molecule has 2 rings (SSSR count). The number of benzene rings is 2. The number of anilines is 1. The Kier molecular flexibility index (Phi) is 4.20. The van der Waals surface area contributed by atoms with E-state index in [0.29, 0.717) is 16.5 Å². The maximum atomic E-state index is 12.2. The van der Waals surface area contributed by atoms with E-state index in [1.165, 1.54) is 24.3 Å². The first-order chi connectivity index (χ1) is 9.42. The van der Waals surface area contributed by atoms with Crippen molar-refractivity contribution >= 4 is 27.3 Å². The van der Waals surface area contributed by atoms with E-state index >= 15 is 0 Å². The van der Waals surface area contributed by atoms with Crippen LogP contribution in [0.3, 0.4) is 0 Å². The molecule has 4 nitrogen and oxygen atoms in total. The van der Waals surface area contributed by atoms with Crippen LogP contribution in [0.5, 0.6) is 5.75 Å². The zero-order valence-electron chi connectivity index (χ0n) is 11.1. The summed E-state index contributed by atoms with van der Waals surface area (Å²) in [5, 5.41) is 0.490. The average molecular weight is 312 g/mol. The van der Waals surface area contributed by atoms with Crippen LogP contribution in [0, 0.1) is 6.92 Å². The van der Waals surface area contributed by atoms with Gasteiger partial charge in [0.25, 0.3) is 10.0 Å². The molecule has 2 aromatic carbocycles. The molecule has 0 spiro atoms. The van der Waals surface area contributed by atoms with Gasteiger partial charge in [0.05, 0.1) is 12.0 Å². The molecule has 0 aliphatic carbocycles. The summed E-state index contributed by atoms with van der Waals surface area (Å²) in [7, 11) is -2.05. The van der Waals surface area contributed by atoms with Gasteiger partial charge in [0.2, 0.25) is 0 Å². The van der Waals surface area contributed by atoms with Crippen molar-refractivity contribution in [2.75, 3.05) is 11.8 Å². The van der Waals surface area contributed by atoms with Gasteiger partial charge in [-0.15, -0.1) is 0 Å². The molecule has 20 heavy (non-hydrogen) atoms. The maximum Gasteiger partial charge on any atom is 0.261 e. The Balaban J connectivity index is 2.28. The van der Waals surface area contributed by atoms with Crippen molar-refractivity contribution in [3.63, 3.8) is 0 Å². The highest BCUT2D eigenvalue weighted by Gasteiger charge is 2.14. The van der Waals surface area contributed by atoms with Crippen molar-refractivity contribution in [1.29, 1.82) is 0 Å². The summed E-state index contributed by atoms with van der Waals surface area (Å²) in [6, 6.07) is 11.1. The number of rotatable bonds is 4. The Labute approximate surface area is 123 Å². The predicted octanol–water partition coefficient (Wildman–Crippen LogP) is 3.46. The fraction of sp³-hybridized carbons (Fsp3) is 0.143. The summed E-state index contributed by atoms with van der Waals surface area (Å²) in [6.07, 6.45) is 0. The average Bonchev–Trinajstić information content (AvgIpc) is 2.39. The van der Waals surface area contributed by atoms with Crippen LogP contribution in [0.15, 0.2) is 47.4 Å². The van der Waals surface area contributed by atoms with E-state index in [0.717, 1.165) is 5.56 Å². The van der Waals surface area contributed by atoms with Crippen molar-refractivity contribution in [3.05, 3.63) is 53.1 Å². The second-order valence-electron chi connectivity index (χ2n) is 4.24. The first-order valence-corrected chi connectivity index (χ1v) is 7.71. The van der Waals surface area contributed by atoms with Gasteiger partial charge in [0.1, 0.15) is 5.75 Å². The minimum atomic E-state index is -3.62. The van der Waals surface area contributed by atoms with Crippen molar-refractivity contribution in [1.82, 2.24) is 0 Å². The first-order valence-electron chi connectivity index (χ1n) is 5.85. The van der Waals surface area contributed by atoms with Crippen molar-refractivity contribution < 1.29 is 13.2 Å². The molecule has 0 atom stereocenters. The van der Waals surface area contributed by atoms with E-state index in [-0.39, 0.29) is 4.90 Å². The van der Waals surface area contributed by atoms with Gasteiger partial charge in [0, 0.05) is 10.7 Å². The lowest BCUT2D eigenvalue weighted by Gasteiger charge is -2.10. The van der Waals surface area contributed by atoms with Crippen LogP contribution in [0.2, 0.25) is 5.02 Å². The van der Waals surface area contributed by atoms with Crippen LogP contribution in [-0.4, -0.2) is 15.5 Å². The standard InChI is InChI=1S/C14H14ClNO3S/c1-10-9-12(5-8-14(10)19-2)16-20(17,18)13-6-3-11(15)4-7-13/h3-9,16H,1-2H3. The Morgan fingerprint density at radius 2 is 1.75 bits per heavy atom. The number of sulfonamides is 1. The number of methoxy groups -OCH3 is 1. The molecule has 0 unspecified atom stereocenters. The molecule has 0 saturated carbocycles. The number of aryl methyl sites for hydroxylation is 1. The molecule has 0 fully saturated rings. The van der Waals surface area contributed by atoms with Gasteiger partial charge in [0.15, 0.2) is 0 Å². The quantitative estimate of drug-likeness (QED) is 0.940. The van der Waals surface area contributed by atoms with Crippen LogP contribution in [-0.2, 0) is 10.0 Å². The van der Waals surface area contributed by atoms with Crippen LogP contribution in [0.25, 0.3) is 0 Å². The Morgan fingerprint density at radius 3 is 2.30 bits per heavy atom. The lowest BCUT2D eigenvalue weighted by atomic mass is 10.2. The first kappa shape index (κ1) is 14.7. The van der Waals surface area contributed by atoms with Gasteiger partial charge in [-0.05, 0) is 55.0 Å². The predicted molar refractivity (Wildman–Crippen MR) is 80.0 cm³/mol. The summed E-state index contributed by atoms with van der Waals surface area (Å²) < 4.78 is 32.0. The highest BCUT2D eigenvalue weighted by molar-refractivity contribution is 7.92. The number of nitrogens with one attached hydrogen (secondary N) is 1. The zero-order valence-corrected chi connectivity index (χ0v) is 12.6. The second-order valence-corrected chi connectivity index (χ2v) is 6.36. The highest BCUT2D eigenvalue weighted by Crippen LogP contribution is 2.24. The number of halogens is 1. The number of ether oxygens (including phenoxy) is 1. The van der Waals surface area contributed by atoms with Gasteiger partial charge in [-0.1, -0.05) is 11.6 Å². The summed E-state index contributed by atoms with van der Waals surface area (Å²) >= 11 is 5.75. The van der Waals surface area contributed by atoms with Gasteiger partial charge in [-0.3, -0.25) is 4.72 Å². The van der Waals surface area contributed by atoms with E-state index in [2.05, 4.69) is 4.72 Å². The van der Waals surface area contributed by atoms with Gasteiger partial charge in [-0.2, -0.15) is 0 Å². The molecule has 6 heteroatoms.